The van der Waals surface area contributed by atoms with Crippen LogP contribution in [-0.2, 0) is 32.6 Å². The van der Waals surface area contributed by atoms with E-state index in [-0.39, 0.29) is 23.4 Å². The number of halogens is 1. The van der Waals surface area contributed by atoms with Gasteiger partial charge in [0.15, 0.2) is 0 Å². The summed E-state index contributed by atoms with van der Waals surface area (Å²) in [4.78, 5) is 30.4. The number of nitrogens with one attached hydrogen (secondary N) is 1. The smallest absolute Gasteiger partial charge is 0.264 e. The van der Waals surface area contributed by atoms with Crippen molar-refractivity contribution >= 4 is 43.5 Å². The van der Waals surface area contributed by atoms with Gasteiger partial charge in [-0.3, -0.25) is 13.9 Å². The van der Waals surface area contributed by atoms with Gasteiger partial charge < -0.3 is 10.2 Å². The molecule has 0 radical (unpaired) electrons. The van der Waals surface area contributed by atoms with E-state index in [0.717, 1.165) is 57.6 Å². The van der Waals surface area contributed by atoms with Crippen LogP contribution in [0.4, 0.5) is 5.69 Å². The Bertz CT molecular complexity index is 1710. The Labute approximate surface area is 280 Å². The zero-order valence-corrected chi connectivity index (χ0v) is 28.4. The van der Waals surface area contributed by atoms with Crippen LogP contribution in [0, 0.1) is 6.92 Å². The van der Waals surface area contributed by atoms with Crippen LogP contribution in [0.15, 0.2) is 119 Å². The fourth-order valence-corrected chi connectivity index (χ4v) is 7.66. The predicted octanol–water partition coefficient (Wildman–Crippen LogP) is 7.04. The zero-order chi connectivity index (χ0) is 32.5. The Morgan fingerprint density at radius 3 is 2.11 bits per heavy atom. The number of anilines is 1. The predicted molar refractivity (Wildman–Crippen MR) is 186 cm³/mol. The molecule has 0 bridgehead atoms. The van der Waals surface area contributed by atoms with Gasteiger partial charge in [0.2, 0.25) is 11.8 Å². The van der Waals surface area contributed by atoms with Crippen molar-refractivity contribution in [2.24, 2.45) is 0 Å². The van der Waals surface area contributed by atoms with Crippen LogP contribution in [0.3, 0.4) is 0 Å². The molecule has 240 valence electrons. The van der Waals surface area contributed by atoms with E-state index in [1.54, 1.807) is 47.4 Å². The summed E-state index contributed by atoms with van der Waals surface area (Å²) in [6.07, 6.45) is 5.37. The molecule has 1 aliphatic carbocycles. The van der Waals surface area contributed by atoms with E-state index in [1.165, 1.54) is 12.1 Å². The summed E-state index contributed by atoms with van der Waals surface area (Å²) in [6.45, 7) is 1.65. The second-order valence-electron chi connectivity index (χ2n) is 11.9. The molecule has 1 N–H and O–H groups in total. The fraction of sp³-hybridized carbons (Fsp3) is 0.297. The Kier molecular flexibility index (Phi) is 11.3. The number of hydrogen-bond donors (Lipinski definition) is 1. The van der Waals surface area contributed by atoms with Crippen molar-refractivity contribution in [3.63, 3.8) is 0 Å². The molecule has 2 amide bonds. The van der Waals surface area contributed by atoms with E-state index in [0.29, 0.717) is 12.1 Å². The summed E-state index contributed by atoms with van der Waals surface area (Å²) in [5.74, 6) is -0.693. The molecule has 46 heavy (non-hydrogen) atoms. The number of carbonyl (C=O) groups excluding carboxylic acids is 2. The van der Waals surface area contributed by atoms with Gasteiger partial charge >= 0.3 is 0 Å². The van der Waals surface area contributed by atoms with E-state index >= 15 is 0 Å². The molecule has 0 heterocycles. The summed E-state index contributed by atoms with van der Waals surface area (Å²) >= 11 is 3.43. The second-order valence-corrected chi connectivity index (χ2v) is 14.6. The molecule has 0 unspecified atom stereocenters. The lowest BCUT2D eigenvalue weighted by Crippen LogP contribution is -2.55. The van der Waals surface area contributed by atoms with Crippen molar-refractivity contribution in [2.75, 3.05) is 10.8 Å². The first kappa shape index (κ1) is 33.4. The van der Waals surface area contributed by atoms with E-state index in [9.17, 15) is 18.0 Å². The topological polar surface area (TPSA) is 86.8 Å². The average molecular weight is 703 g/mol. The van der Waals surface area contributed by atoms with Gasteiger partial charge in [-0.2, -0.15) is 0 Å². The lowest BCUT2D eigenvalue weighted by molar-refractivity contribution is -0.140. The number of carbonyl (C=O) groups is 2. The number of benzene rings is 4. The maximum atomic E-state index is 14.6. The summed E-state index contributed by atoms with van der Waals surface area (Å²) in [7, 11) is -4.13. The van der Waals surface area contributed by atoms with Crippen LogP contribution in [0.25, 0.3) is 0 Å². The van der Waals surface area contributed by atoms with Gasteiger partial charge in [-0.1, -0.05) is 114 Å². The van der Waals surface area contributed by atoms with Crippen LogP contribution in [-0.4, -0.2) is 43.8 Å². The Balaban J connectivity index is 1.55. The standard InChI is InChI=1S/C37H40BrN3O4S/c1-28-12-11-15-30(24-28)26-40(35(25-29-13-5-2-6-14-29)37(43)39-32-16-7-3-8-17-32)36(42)27-41(33-22-20-31(38)21-23-33)46(44,45)34-18-9-4-10-19-34/h2,4-6,9-15,18-24,32,35H,3,7-8,16-17,25-27H2,1H3,(H,39,43)/t35-/m1/s1. The average Bonchev–Trinajstić information content (AvgIpc) is 3.07. The third kappa shape index (κ3) is 8.65. The van der Waals surface area contributed by atoms with Crippen molar-refractivity contribution in [1.29, 1.82) is 0 Å². The van der Waals surface area contributed by atoms with Gasteiger partial charge in [0.05, 0.1) is 10.6 Å². The maximum Gasteiger partial charge on any atom is 0.264 e. The first-order chi connectivity index (χ1) is 22.2. The third-order valence-electron chi connectivity index (χ3n) is 8.38. The molecule has 4 aromatic rings. The molecule has 5 rings (SSSR count). The van der Waals surface area contributed by atoms with Crippen LogP contribution in [0.1, 0.15) is 48.8 Å². The molecule has 1 aliphatic rings. The highest BCUT2D eigenvalue weighted by Gasteiger charge is 2.35. The number of nitrogens with zero attached hydrogens (tertiary/aromatic N) is 2. The molecule has 1 fully saturated rings. The summed E-state index contributed by atoms with van der Waals surface area (Å²) in [5, 5.41) is 3.25. The molecule has 0 spiro atoms. The van der Waals surface area contributed by atoms with Crippen LogP contribution >= 0.6 is 15.9 Å². The monoisotopic (exact) mass is 701 g/mol. The number of amides is 2. The molecule has 0 aromatic heterocycles. The first-order valence-electron chi connectivity index (χ1n) is 15.7. The lowest BCUT2D eigenvalue weighted by atomic mass is 9.94. The molecule has 1 saturated carbocycles. The highest BCUT2D eigenvalue weighted by Crippen LogP contribution is 2.27. The molecule has 4 aromatic carbocycles. The summed E-state index contributed by atoms with van der Waals surface area (Å²) < 4.78 is 30.1. The lowest BCUT2D eigenvalue weighted by Gasteiger charge is -2.35. The van der Waals surface area contributed by atoms with Gasteiger partial charge in [0.25, 0.3) is 10.0 Å². The highest BCUT2D eigenvalue weighted by atomic mass is 79.9. The van der Waals surface area contributed by atoms with Crippen LogP contribution in [0.2, 0.25) is 0 Å². The maximum absolute atomic E-state index is 14.6. The quantitative estimate of drug-likeness (QED) is 0.172. The largest absolute Gasteiger partial charge is 0.352 e. The molecule has 7 nitrogen and oxygen atoms in total. The normalized spacial score (nSPS) is 14.3. The van der Waals surface area contributed by atoms with Crippen molar-refractivity contribution in [2.45, 2.75) is 69.0 Å². The first-order valence-corrected chi connectivity index (χ1v) is 18.0. The van der Waals surface area contributed by atoms with Gasteiger partial charge in [-0.25, -0.2) is 8.42 Å². The third-order valence-corrected chi connectivity index (χ3v) is 10.7. The number of rotatable bonds is 12. The van der Waals surface area contributed by atoms with Crippen molar-refractivity contribution in [1.82, 2.24) is 10.2 Å². The minimum atomic E-state index is -4.13. The Morgan fingerprint density at radius 2 is 1.46 bits per heavy atom. The minimum absolute atomic E-state index is 0.0492. The fourth-order valence-electron chi connectivity index (χ4n) is 5.96. The molecule has 0 saturated heterocycles. The summed E-state index contributed by atoms with van der Waals surface area (Å²) in [6, 6.07) is 31.6. The zero-order valence-electron chi connectivity index (χ0n) is 26.0. The highest BCUT2D eigenvalue weighted by molar-refractivity contribution is 9.10. The van der Waals surface area contributed by atoms with Crippen molar-refractivity contribution < 1.29 is 18.0 Å². The molecular weight excluding hydrogens is 662 g/mol. The number of hydrogen-bond acceptors (Lipinski definition) is 4. The van der Waals surface area contributed by atoms with Crippen LogP contribution in [0.5, 0.6) is 0 Å². The Morgan fingerprint density at radius 1 is 0.826 bits per heavy atom. The van der Waals surface area contributed by atoms with E-state index in [1.807, 2.05) is 61.5 Å². The molecule has 9 heteroatoms. The molecule has 0 aliphatic heterocycles. The SMILES string of the molecule is Cc1cccc(CN(C(=O)CN(c2ccc(Br)cc2)S(=O)(=O)c2ccccc2)[C@H](Cc2ccccc2)C(=O)NC2CCCCC2)c1. The van der Waals surface area contributed by atoms with Gasteiger partial charge in [-0.05, 0) is 67.3 Å². The van der Waals surface area contributed by atoms with Gasteiger partial charge in [0.1, 0.15) is 12.6 Å². The van der Waals surface area contributed by atoms with Gasteiger partial charge in [-0.15, -0.1) is 0 Å². The van der Waals surface area contributed by atoms with Crippen molar-refractivity contribution in [3.8, 4) is 0 Å². The van der Waals surface area contributed by atoms with Crippen LogP contribution < -0.4 is 9.62 Å². The molecule has 1 atom stereocenters. The Hall–Kier alpha value is -3.95. The van der Waals surface area contributed by atoms with Crippen molar-refractivity contribution in [3.05, 3.63) is 130 Å². The van der Waals surface area contributed by atoms with Gasteiger partial charge in [0, 0.05) is 23.5 Å². The minimum Gasteiger partial charge on any atom is -0.352 e. The molecular formula is C37H40BrN3O4S. The van der Waals surface area contributed by atoms with E-state index in [2.05, 4.69) is 21.2 Å². The number of sulfonamides is 1. The summed E-state index contributed by atoms with van der Waals surface area (Å²) in [5.41, 5.74) is 3.15. The van der Waals surface area contributed by atoms with E-state index < -0.39 is 28.5 Å². The number of aryl methyl sites for hydroxylation is 1. The second kappa shape index (κ2) is 15.6. The van der Waals surface area contributed by atoms with E-state index in [4.69, 9.17) is 0 Å².